The molecule has 0 unspecified atom stereocenters. The molecule has 8 heteroatoms. The van der Waals surface area contributed by atoms with E-state index in [9.17, 15) is 4.79 Å². The third-order valence-electron chi connectivity index (χ3n) is 6.90. The van der Waals surface area contributed by atoms with Crippen LogP contribution < -0.4 is 10.6 Å². The molecule has 0 atom stereocenters. The normalized spacial score (nSPS) is 13.3. The smallest absolute Gasteiger partial charge is 0.330 e. The summed E-state index contributed by atoms with van der Waals surface area (Å²) in [6, 6.07) is 30.7. The van der Waals surface area contributed by atoms with Crippen molar-refractivity contribution in [1.29, 1.82) is 0 Å². The molecule has 1 aliphatic heterocycles. The summed E-state index contributed by atoms with van der Waals surface area (Å²) in [6.45, 7) is 1.42. The van der Waals surface area contributed by atoms with Gasteiger partial charge in [0.25, 0.3) is 0 Å². The van der Waals surface area contributed by atoms with E-state index >= 15 is 0 Å². The number of fused-ring (bicyclic) bond motifs is 3. The van der Waals surface area contributed by atoms with Gasteiger partial charge in [-0.1, -0.05) is 72.8 Å². The average molecular weight is 556 g/mol. The van der Waals surface area contributed by atoms with Gasteiger partial charge in [0.15, 0.2) is 0 Å². The van der Waals surface area contributed by atoms with Gasteiger partial charge >= 0.3 is 6.03 Å². The number of amides is 2. The van der Waals surface area contributed by atoms with Crippen molar-refractivity contribution in [3.63, 3.8) is 0 Å². The minimum atomic E-state index is -0.131. The van der Waals surface area contributed by atoms with Crippen molar-refractivity contribution in [2.24, 2.45) is 10.8 Å². The van der Waals surface area contributed by atoms with Crippen molar-refractivity contribution in [3.8, 4) is 0 Å². The Bertz CT molecular complexity index is 1610. The van der Waals surface area contributed by atoms with Crippen LogP contribution in [0.1, 0.15) is 29.0 Å². The first-order valence-corrected chi connectivity index (χ1v) is 13.8. The third-order valence-corrected chi connectivity index (χ3v) is 7.99. The molecule has 0 bridgehead atoms. The van der Waals surface area contributed by atoms with E-state index in [1.54, 1.807) is 16.3 Å². The van der Waals surface area contributed by atoms with Crippen LogP contribution in [-0.2, 0) is 13.0 Å². The first-order valence-electron chi connectivity index (χ1n) is 13.0. The van der Waals surface area contributed by atoms with E-state index in [1.165, 1.54) is 4.70 Å². The molecule has 1 aliphatic rings. The molecule has 0 radical (unpaired) electrons. The lowest BCUT2D eigenvalue weighted by atomic mass is 10.0. The number of thiazole rings is 1. The number of anilines is 1. The zero-order chi connectivity index (χ0) is 25.9. The van der Waals surface area contributed by atoms with Crippen LogP contribution in [0.3, 0.4) is 0 Å². The molecule has 1 aromatic heterocycles. The number of urea groups is 1. The van der Waals surface area contributed by atoms with Gasteiger partial charge in [-0.05, 0) is 53.9 Å². The molecule has 0 saturated heterocycles. The Kier molecular flexibility index (Phi) is 8.21. The summed E-state index contributed by atoms with van der Waals surface area (Å²) in [5, 5.41) is 9.92. The van der Waals surface area contributed by atoms with Gasteiger partial charge in [0.05, 0.1) is 33.2 Å². The second-order valence-electron chi connectivity index (χ2n) is 9.41. The molecule has 4 aromatic carbocycles. The fourth-order valence-electron chi connectivity index (χ4n) is 5.01. The van der Waals surface area contributed by atoms with Crippen LogP contribution in [0.5, 0.6) is 0 Å². The Morgan fingerprint density at radius 3 is 2.49 bits per heavy atom. The Balaban J connectivity index is 0.00000308. The number of benzene rings is 4. The summed E-state index contributed by atoms with van der Waals surface area (Å²) in [4.78, 5) is 20.7. The van der Waals surface area contributed by atoms with Gasteiger partial charge in [-0.25, -0.2) is 14.8 Å². The maximum Gasteiger partial charge on any atom is 0.345 e. The van der Waals surface area contributed by atoms with Crippen molar-refractivity contribution in [2.45, 2.75) is 25.8 Å². The summed E-state index contributed by atoms with van der Waals surface area (Å²) in [6.07, 6.45) is 2.12. The van der Waals surface area contributed by atoms with E-state index in [2.05, 4.69) is 42.5 Å². The first-order chi connectivity index (χ1) is 18.7. The number of hydrogen-bond acceptors (Lipinski definition) is 5. The highest BCUT2D eigenvalue weighted by Gasteiger charge is 2.30. The quantitative estimate of drug-likeness (QED) is 0.224. The predicted octanol–water partition coefficient (Wildman–Crippen LogP) is 7.00. The molecule has 0 spiro atoms. The molecule has 39 heavy (non-hydrogen) atoms. The molecule has 0 fully saturated rings. The number of hydrazone groups is 1. The van der Waals surface area contributed by atoms with Crippen LogP contribution in [-0.4, -0.2) is 34.8 Å². The van der Waals surface area contributed by atoms with Gasteiger partial charge in [0, 0.05) is 18.5 Å². The zero-order valence-corrected chi connectivity index (χ0v) is 23.1. The minimum Gasteiger partial charge on any atom is -0.330 e. The molecule has 6 rings (SSSR count). The van der Waals surface area contributed by atoms with E-state index in [1.807, 2.05) is 53.4 Å². The minimum absolute atomic E-state index is 0. The van der Waals surface area contributed by atoms with Gasteiger partial charge in [-0.2, -0.15) is 5.10 Å². The molecule has 6 nitrogen and oxygen atoms in total. The molecule has 0 aliphatic carbocycles. The van der Waals surface area contributed by atoms with Crippen LogP contribution in [0.25, 0.3) is 21.0 Å². The standard InChI is InChI=1S/C31H29N5OS.ClH/c32-19-8-20-36-31(37)35(21-23-11-7-10-22-9-1-2-12-24(22)23)28-15-5-3-13-25(28)26(34-36)17-18-30-33-27-14-4-6-16-29(27)38-30;/h1-7,9-16H,8,17-21,32H2;1H. The highest BCUT2D eigenvalue weighted by molar-refractivity contribution is 7.18. The first kappa shape index (κ1) is 26.8. The maximum absolute atomic E-state index is 14.0. The molecule has 2 amide bonds. The SMILES string of the molecule is Cl.NCCCN1N=C(CCc2nc3ccccc3s2)c2ccccc2N(Cc2cccc3ccccc23)C1=O. The molecular formula is C31H30ClN5OS. The van der Waals surface area contributed by atoms with Crippen LogP contribution in [0.4, 0.5) is 10.5 Å². The predicted molar refractivity (Wildman–Crippen MR) is 164 cm³/mol. The highest BCUT2D eigenvalue weighted by atomic mass is 35.5. The summed E-state index contributed by atoms with van der Waals surface area (Å²) in [5.74, 6) is 0. The topological polar surface area (TPSA) is 74.8 Å². The van der Waals surface area contributed by atoms with Gasteiger partial charge in [-0.3, -0.25) is 4.90 Å². The lowest BCUT2D eigenvalue weighted by Gasteiger charge is -2.27. The number of aryl methyl sites for hydroxylation is 1. The molecule has 2 heterocycles. The largest absolute Gasteiger partial charge is 0.345 e. The fraction of sp³-hybridized carbons (Fsp3) is 0.194. The van der Waals surface area contributed by atoms with Gasteiger partial charge in [0.2, 0.25) is 0 Å². The molecule has 2 N–H and O–H groups in total. The number of halogens is 1. The fourth-order valence-corrected chi connectivity index (χ4v) is 5.98. The molecule has 0 saturated carbocycles. The summed E-state index contributed by atoms with van der Waals surface area (Å²) in [7, 11) is 0. The lowest BCUT2D eigenvalue weighted by molar-refractivity contribution is 0.206. The van der Waals surface area contributed by atoms with Crippen molar-refractivity contribution >= 4 is 62.2 Å². The van der Waals surface area contributed by atoms with Crippen LogP contribution in [0.2, 0.25) is 0 Å². The Morgan fingerprint density at radius 1 is 0.846 bits per heavy atom. The third kappa shape index (κ3) is 5.52. The van der Waals surface area contributed by atoms with Crippen molar-refractivity contribution in [3.05, 3.63) is 107 Å². The number of nitrogens with two attached hydrogens (primary N) is 1. The molecule has 198 valence electrons. The molecule has 5 aromatic rings. The number of hydrogen-bond donors (Lipinski definition) is 1. The van der Waals surface area contributed by atoms with Gasteiger partial charge in [0.1, 0.15) is 0 Å². The van der Waals surface area contributed by atoms with E-state index in [0.29, 0.717) is 32.5 Å². The lowest BCUT2D eigenvalue weighted by Crippen LogP contribution is -2.40. The van der Waals surface area contributed by atoms with E-state index in [4.69, 9.17) is 15.8 Å². The average Bonchev–Trinajstić information content (AvgIpc) is 3.34. The van der Waals surface area contributed by atoms with Crippen molar-refractivity contribution in [1.82, 2.24) is 9.99 Å². The maximum atomic E-state index is 14.0. The van der Waals surface area contributed by atoms with Crippen LogP contribution >= 0.6 is 23.7 Å². The second kappa shape index (κ2) is 11.9. The number of nitrogens with zero attached hydrogens (tertiary/aromatic N) is 4. The Hall–Kier alpha value is -3.78. The summed E-state index contributed by atoms with van der Waals surface area (Å²) in [5.41, 5.74) is 10.7. The van der Waals surface area contributed by atoms with Crippen molar-refractivity contribution in [2.75, 3.05) is 18.0 Å². The van der Waals surface area contributed by atoms with Crippen molar-refractivity contribution < 1.29 is 4.79 Å². The Morgan fingerprint density at radius 2 is 1.62 bits per heavy atom. The summed E-state index contributed by atoms with van der Waals surface area (Å²) >= 11 is 1.72. The number of aromatic nitrogens is 1. The number of carbonyl (C=O) groups is 1. The highest BCUT2D eigenvalue weighted by Crippen LogP contribution is 2.31. The second-order valence-corrected chi connectivity index (χ2v) is 10.5. The number of carbonyl (C=O) groups excluding carboxylic acids is 1. The monoisotopic (exact) mass is 555 g/mol. The van der Waals surface area contributed by atoms with E-state index < -0.39 is 0 Å². The van der Waals surface area contributed by atoms with Gasteiger partial charge in [-0.15, -0.1) is 23.7 Å². The number of para-hydroxylation sites is 2. The Labute approximate surface area is 238 Å². The van der Waals surface area contributed by atoms with E-state index in [0.717, 1.165) is 50.2 Å². The van der Waals surface area contributed by atoms with Gasteiger partial charge < -0.3 is 5.73 Å². The van der Waals surface area contributed by atoms with Crippen LogP contribution in [0, 0.1) is 0 Å². The van der Waals surface area contributed by atoms with E-state index in [-0.39, 0.29) is 18.4 Å². The van der Waals surface area contributed by atoms with Crippen LogP contribution in [0.15, 0.2) is 96.1 Å². The molecular weight excluding hydrogens is 526 g/mol. The zero-order valence-electron chi connectivity index (χ0n) is 21.5. The number of rotatable bonds is 8. The summed E-state index contributed by atoms with van der Waals surface area (Å²) < 4.78 is 1.19.